The fraction of sp³-hybridized carbons (Fsp3) is 0.167. The maximum Gasteiger partial charge on any atom is 0.326 e. The summed E-state index contributed by atoms with van der Waals surface area (Å²) in [4.78, 5) is 55.6. The Hall–Kier alpha value is -4.15. The number of aromatic nitrogens is 3. The van der Waals surface area contributed by atoms with Gasteiger partial charge in [0.2, 0.25) is 5.95 Å². The zero-order valence-electron chi connectivity index (χ0n) is 14.9. The number of aliphatic carboxylic acids is 2. The van der Waals surface area contributed by atoms with Gasteiger partial charge in [-0.15, -0.1) is 0 Å². The van der Waals surface area contributed by atoms with Gasteiger partial charge in [0.15, 0.2) is 0 Å². The molecule has 0 radical (unpaired) electrons. The highest BCUT2D eigenvalue weighted by atomic mass is 16.4. The first-order valence-electron chi connectivity index (χ1n) is 8.49. The van der Waals surface area contributed by atoms with Crippen molar-refractivity contribution in [1.82, 2.24) is 20.3 Å². The van der Waals surface area contributed by atoms with Gasteiger partial charge in [-0.3, -0.25) is 19.4 Å². The first-order chi connectivity index (χ1) is 13.8. The average Bonchev–Trinajstić information content (AvgIpc) is 3.08. The van der Waals surface area contributed by atoms with Gasteiger partial charge in [0.05, 0.1) is 5.39 Å². The average molecular weight is 399 g/mol. The Morgan fingerprint density at radius 2 is 1.86 bits per heavy atom. The number of hydrogen-bond donors (Lipinski definition) is 6. The molecule has 0 saturated carbocycles. The molecule has 0 spiro atoms. The van der Waals surface area contributed by atoms with Gasteiger partial charge in [-0.05, 0) is 24.1 Å². The molecule has 1 atom stereocenters. The Balaban J connectivity index is 1.81. The number of anilines is 1. The van der Waals surface area contributed by atoms with E-state index in [1.54, 1.807) is 18.3 Å². The van der Waals surface area contributed by atoms with Crippen molar-refractivity contribution in [3.05, 3.63) is 46.4 Å². The predicted molar refractivity (Wildman–Crippen MR) is 102 cm³/mol. The number of hydrogen-bond acceptors (Lipinski definition) is 6. The number of carbonyl (C=O) groups is 3. The van der Waals surface area contributed by atoms with Gasteiger partial charge in [-0.1, -0.05) is 12.1 Å². The number of aromatic amines is 2. The third kappa shape index (κ3) is 4.24. The van der Waals surface area contributed by atoms with E-state index in [4.69, 9.17) is 15.9 Å². The molecule has 7 N–H and O–H groups in total. The molecule has 0 fully saturated rings. The molecule has 11 nitrogen and oxygen atoms in total. The van der Waals surface area contributed by atoms with Crippen molar-refractivity contribution in [3.8, 4) is 11.1 Å². The molecular weight excluding hydrogens is 382 g/mol. The Kier molecular flexibility index (Phi) is 5.30. The summed E-state index contributed by atoms with van der Waals surface area (Å²) < 4.78 is 0. The molecule has 0 aliphatic carbocycles. The van der Waals surface area contributed by atoms with Crippen molar-refractivity contribution in [3.63, 3.8) is 0 Å². The number of H-pyrrole nitrogens is 2. The second-order valence-corrected chi connectivity index (χ2v) is 6.25. The van der Waals surface area contributed by atoms with Crippen LogP contribution in [-0.2, 0) is 9.59 Å². The van der Waals surface area contributed by atoms with Gasteiger partial charge in [0, 0.05) is 23.7 Å². The molecule has 0 saturated heterocycles. The van der Waals surface area contributed by atoms with E-state index in [2.05, 4.69) is 20.3 Å². The van der Waals surface area contributed by atoms with Crippen LogP contribution in [0, 0.1) is 0 Å². The summed E-state index contributed by atoms with van der Waals surface area (Å²) >= 11 is 0. The number of nitrogens with one attached hydrogen (secondary N) is 3. The van der Waals surface area contributed by atoms with Crippen LogP contribution in [-0.4, -0.2) is 49.1 Å². The van der Waals surface area contributed by atoms with Gasteiger partial charge >= 0.3 is 11.9 Å². The van der Waals surface area contributed by atoms with E-state index in [1.807, 2.05) is 0 Å². The standard InChI is InChI=1S/C18H17N5O6/c19-18-22-14-13(16(27)23-18)10(7-20-14)8-1-3-9(4-2-8)15(26)21-11(17(28)29)5-6-12(24)25/h1-4,7,11H,5-6H2,(H,21,26)(H,24,25)(H,28,29)(H4,19,20,22,23,27)/t11-/m0/s1. The number of carboxylic acids is 2. The number of amides is 1. The van der Waals surface area contributed by atoms with Crippen LogP contribution in [0.25, 0.3) is 22.2 Å². The molecular formula is C18H17N5O6. The zero-order chi connectivity index (χ0) is 21.1. The highest BCUT2D eigenvalue weighted by Crippen LogP contribution is 2.25. The Bertz CT molecular complexity index is 1150. The summed E-state index contributed by atoms with van der Waals surface area (Å²) in [6, 6.07) is 4.82. The number of nitrogens with two attached hydrogens (primary N) is 1. The van der Waals surface area contributed by atoms with Crippen LogP contribution in [0.15, 0.2) is 35.3 Å². The second-order valence-electron chi connectivity index (χ2n) is 6.25. The van der Waals surface area contributed by atoms with Crippen molar-refractivity contribution in [2.75, 3.05) is 5.73 Å². The lowest BCUT2D eigenvalue weighted by molar-refractivity contribution is -0.140. The number of carboxylic acid groups (broad SMARTS) is 2. The van der Waals surface area contributed by atoms with Crippen molar-refractivity contribution < 1.29 is 24.6 Å². The van der Waals surface area contributed by atoms with Crippen molar-refractivity contribution in [2.45, 2.75) is 18.9 Å². The van der Waals surface area contributed by atoms with Crippen LogP contribution in [0.1, 0.15) is 23.2 Å². The highest BCUT2D eigenvalue weighted by Gasteiger charge is 2.21. The van der Waals surface area contributed by atoms with Gasteiger partial charge in [-0.2, -0.15) is 4.98 Å². The molecule has 150 valence electrons. The molecule has 0 bridgehead atoms. The quantitative estimate of drug-likeness (QED) is 0.331. The van der Waals surface area contributed by atoms with Crippen LogP contribution in [0.2, 0.25) is 0 Å². The van der Waals surface area contributed by atoms with E-state index in [1.165, 1.54) is 12.1 Å². The van der Waals surface area contributed by atoms with E-state index in [9.17, 15) is 19.2 Å². The van der Waals surface area contributed by atoms with E-state index >= 15 is 0 Å². The first-order valence-corrected chi connectivity index (χ1v) is 8.49. The summed E-state index contributed by atoms with van der Waals surface area (Å²) in [5.74, 6) is -3.14. The number of fused-ring (bicyclic) bond motifs is 1. The van der Waals surface area contributed by atoms with Crippen LogP contribution in [0.5, 0.6) is 0 Å². The molecule has 0 unspecified atom stereocenters. The maximum absolute atomic E-state index is 12.3. The fourth-order valence-electron chi connectivity index (χ4n) is 2.85. The molecule has 11 heteroatoms. The normalized spacial score (nSPS) is 11.9. The number of nitrogen functional groups attached to an aromatic ring is 1. The third-order valence-corrected chi connectivity index (χ3v) is 4.27. The summed E-state index contributed by atoms with van der Waals surface area (Å²) in [5, 5.41) is 20.4. The lowest BCUT2D eigenvalue weighted by Crippen LogP contribution is -2.41. The van der Waals surface area contributed by atoms with Gasteiger partial charge < -0.3 is 26.2 Å². The highest BCUT2D eigenvalue weighted by molar-refractivity contribution is 5.98. The number of rotatable bonds is 7. The minimum absolute atomic E-state index is 0.0150. The minimum atomic E-state index is -1.32. The Morgan fingerprint density at radius 1 is 1.17 bits per heavy atom. The molecule has 1 amide bonds. The van der Waals surface area contributed by atoms with Crippen molar-refractivity contribution >= 4 is 34.8 Å². The molecule has 3 rings (SSSR count). The molecule has 2 heterocycles. The maximum atomic E-state index is 12.3. The van der Waals surface area contributed by atoms with E-state index in [0.29, 0.717) is 22.2 Å². The van der Waals surface area contributed by atoms with Gasteiger partial charge in [0.1, 0.15) is 11.7 Å². The summed E-state index contributed by atoms with van der Waals surface area (Å²) in [6.45, 7) is 0. The lowest BCUT2D eigenvalue weighted by Gasteiger charge is -2.13. The largest absolute Gasteiger partial charge is 0.481 e. The van der Waals surface area contributed by atoms with E-state index in [0.717, 1.165) is 0 Å². The first kappa shape index (κ1) is 19.6. The minimum Gasteiger partial charge on any atom is -0.481 e. The smallest absolute Gasteiger partial charge is 0.326 e. The van der Waals surface area contributed by atoms with E-state index < -0.39 is 29.4 Å². The predicted octanol–water partition coefficient (Wildman–Crippen LogP) is 0.548. The fourth-order valence-corrected chi connectivity index (χ4v) is 2.85. The van der Waals surface area contributed by atoms with Crippen LogP contribution < -0.4 is 16.6 Å². The second kappa shape index (κ2) is 7.84. The molecule has 1 aromatic carbocycles. The molecule has 0 aliphatic rings. The summed E-state index contributed by atoms with van der Waals surface area (Å²) in [6.07, 6.45) is 0.973. The van der Waals surface area contributed by atoms with Crippen molar-refractivity contribution in [2.24, 2.45) is 0 Å². The zero-order valence-corrected chi connectivity index (χ0v) is 14.9. The van der Waals surface area contributed by atoms with Gasteiger partial charge in [0.25, 0.3) is 11.5 Å². The number of nitrogens with zero attached hydrogens (tertiary/aromatic N) is 1. The van der Waals surface area contributed by atoms with Crippen LogP contribution in [0.4, 0.5) is 5.95 Å². The van der Waals surface area contributed by atoms with E-state index in [-0.39, 0.29) is 24.4 Å². The summed E-state index contributed by atoms with van der Waals surface area (Å²) in [5.41, 5.74) is 6.81. The Labute approximate surface area is 162 Å². The summed E-state index contributed by atoms with van der Waals surface area (Å²) in [7, 11) is 0. The monoisotopic (exact) mass is 399 g/mol. The van der Waals surface area contributed by atoms with Crippen molar-refractivity contribution in [1.29, 1.82) is 0 Å². The lowest BCUT2D eigenvalue weighted by atomic mass is 10.0. The molecule has 2 aromatic heterocycles. The molecule has 29 heavy (non-hydrogen) atoms. The third-order valence-electron chi connectivity index (χ3n) is 4.27. The SMILES string of the molecule is Nc1nc2[nH]cc(-c3ccc(C(=O)N[C@@H](CCC(=O)O)C(=O)O)cc3)c2c(=O)[nH]1. The van der Waals surface area contributed by atoms with Gasteiger partial charge in [-0.25, -0.2) is 4.79 Å². The number of carbonyl (C=O) groups excluding carboxylic acids is 1. The topological polar surface area (TPSA) is 191 Å². The molecule has 3 aromatic rings. The van der Waals surface area contributed by atoms with Crippen LogP contribution >= 0.6 is 0 Å². The number of benzene rings is 1. The van der Waals surface area contributed by atoms with Crippen LogP contribution in [0.3, 0.4) is 0 Å². The Morgan fingerprint density at radius 3 is 2.48 bits per heavy atom. The molecule has 0 aliphatic heterocycles.